The fraction of sp³-hybridized carbons (Fsp3) is 0.533. The highest BCUT2D eigenvalue weighted by Gasteiger charge is 2.27. The Morgan fingerprint density at radius 1 is 1.30 bits per heavy atom. The van der Waals surface area contributed by atoms with E-state index in [9.17, 15) is 18.0 Å². The molecule has 0 saturated carbocycles. The molecular formula is C15H19F3N2O3. The van der Waals surface area contributed by atoms with Crippen molar-refractivity contribution in [2.45, 2.75) is 25.4 Å². The van der Waals surface area contributed by atoms with Crippen molar-refractivity contribution in [1.29, 1.82) is 0 Å². The standard InChI is InChI=1S/C15H19F3N2O3/c16-15(17,18)10-22-9-12-3-1-11(2-4-12)7-20-14(21)13-8-19-5-6-23-13/h1-4,13,19H,5-10H2,(H,20,21). The highest BCUT2D eigenvalue weighted by molar-refractivity contribution is 5.81. The van der Waals surface area contributed by atoms with Crippen molar-refractivity contribution < 1.29 is 27.4 Å². The Labute approximate surface area is 132 Å². The molecule has 128 valence electrons. The van der Waals surface area contributed by atoms with Gasteiger partial charge in [-0.05, 0) is 11.1 Å². The Morgan fingerprint density at radius 3 is 2.61 bits per heavy atom. The van der Waals surface area contributed by atoms with Crippen molar-refractivity contribution in [2.75, 3.05) is 26.3 Å². The monoisotopic (exact) mass is 332 g/mol. The van der Waals surface area contributed by atoms with Crippen LogP contribution in [0.2, 0.25) is 0 Å². The van der Waals surface area contributed by atoms with Crippen LogP contribution in [0.25, 0.3) is 0 Å². The van der Waals surface area contributed by atoms with Crippen LogP contribution >= 0.6 is 0 Å². The summed E-state index contributed by atoms with van der Waals surface area (Å²) in [6, 6.07) is 6.84. The Hall–Kier alpha value is -1.64. The summed E-state index contributed by atoms with van der Waals surface area (Å²) in [5.74, 6) is -0.185. The molecule has 23 heavy (non-hydrogen) atoms. The molecule has 8 heteroatoms. The first-order valence-corrected chi connectivity index (χ1v) is 7.26. The molecule has 5 nitrogen and oxygen atoms in total. The molecule has 1 aliphatic heterocycles. The summed E-state index contributed by atoms with van der Waals surface area (Å²) in [5, 5.41) is 5.84. The highest BCUT2D eigenvalue weighted by Crippen LogP contribution is 2.15. The molecule has 0 bridgehead atoms. The summed E-state index contributed by atoms with van der Waals surface area (Å²) in [6.07, 6.45) is -4.81. The van der Waals surface area contributed by atoms with Crippen LogP contribution in [0.5, 0.6) is 0 Å². The van der Waals surface area contributed by atoms with Gasteiger partial charge in [0.2, 0.25) is 0 Å². The van der Waals surface area contributed by atoms with E-state index >= 15 is 0 Å². The molecule has 1 aromatic carbocycles. The molecule has 2 rings (SSSR count). The smallest absolute Gasteiger partial charge is 0.367 e. The molecular weight excluding hydrogens is 313 g/mol. The molecule has 1 atom stereocenters. The lowest BCUT2D eigenvalue weighted by Gasteiger charge is -2.22. The lowest BCUT2D eigenvalue weighted by atomic mass is 10.1. The van der Waals surface area contributed by atoms with Crippen LogP contribution in [0, 0.1) is 0 Å². The average Bonchev–Trinajstić information content (AvgIpc) is 2.53. The predicted molar refractivity (Wildman–Crippen MR) is 76.6 cm³/mol. The van der Waals surface area contributed by atoms with E-state index in [2.05, 4.69) is 15.4 Å². The Kier molecular flexibility index (Phi) is 6.37. The van der Waals surface area contributed by atoms with E-state index in [1.165, 1.54) is 0 Å². The van der Waals surface area contributed by atoms with Gasteiger partial charge < -0.3 is 20.1 Å². The zero-order valence-corrected chi connectivity index (χ0v) is 12.5. The van der Waals surface area contributed by atoms with Crippen molar-refractivity contribution in [2.24, 2.45) is 0 Å². The molecule has 0 spiro atoms. The Bertz CT molecular complexity index is 500. The predicted octanol–water partition coefficient (Wildman–Crippen LogP) is 1.37. The third kappa shape index (κ3) is 6.55. The highest BCUT2D eigenvalue weighted by atomic mass is 19.4. The maximum Gasteiger partial charge on any atom is 0.411 e. The molecule has 1 heterocycles. The van der Waals surface area contributed by atoms with E-state index in [1.807, 2.05) is 0 Å². The number of nitrogens with one attached hydrogen (secondary N) is 2. The quantitative estimate of drug-likeness (QED) is 0.826. The van der Waals surface area contributed by atoms with Gasteiger partial charge in [-0.25, -0.2) is 0 Å². The van der Waals surface area contributed by atoms with Gasteiger partial charge in [0.1, 0.15) is 12.7 Å². The molecule has 1 aliphatic rings. The molecule has 1 aromatic rings. The summed E-state index contributed by atoms with van der Waals surface area (Å²) < 4.78 is 45.8. The van der Waals surface area contributed by atoms with Gasteiger partial charge in [-0.15, -0.1) is 0 Å². The number of carbonyl (C=O) groups excluding carboxylic acids is 1. The van der Waals surface area contributed by atoms with Crippen LogP contribution in [-0.2, 0) is 27.4 Å². The second kappa shape index (κ2) is 8.28. The fourth-order valence-electron chi connectivity index (χ4n) is 2.07. The molecule has 0 aliphatic carbocycles. The number of benzene rings is 1. The SMILES string of the molecule is O=C(NCc1ccc(COCC(F)(F)F)cc1)C1CNCCO1. The Balaban J connectivity index is 1.73. The van der Waals surface area contributed by atoms with Crippen LogP contribution in [-0.4, -0.2) is 44.5 Å². The van der Waals surface area contributed by atoms with Crippen LogP contribution in [0.1, 0.15) is 11.1 Å². The lowest BCUT2D eigenvalue weighted by Crippen LogP contribution is -2.47. The van der Waals surface area contributed by atoms with Crippen LogP contribution in [0.15, 0.2) is 24.3 Å². The second-order valence-corrected chi connectivity index (χ2v) is 5.21. The number of carbonyl (C=O) groups is 1. The summed E-state index contributed by atoms with van der Waals surface area (Å²) in [4.78, 5) is 11.9. The number of ether oxygens (including phenoxy) is 2. The van der Waals surface area contributed by atoms with Crippen molar-refractivity contribution in [1.82, 2.24) is 10.6 Å². The minimum absolute atomic E-state index is 0.103. The van der Waals surface area contributed by atoms with Gasteiger partial charge in [-0.3, -0.25) is 4.79 Å². The van der Waals surface area contributed by atoms with Crippen molar-refractivity contribution in [3.8, 4) is 0 Å². The van der Waals surface area contributed by atoms with Gasteiger partial charge in [-0.1, -0.05) is 24.3 Å². The minimum atomic E-state index is -4.32. The van der Waals surface area contributed by atoms with Crippen LogP contribution < -0.4 is 10.6 Å². The zero-order valence-electron chi connectivity index (χ0n) is 12.5. The van der Waals surface area contributed by atoms with Crippen LogP contribution in [0.3, 0.4) is 0 Å². The summed E-state index contributed by atoms with van der Waals surface area (Å²) >= 11 is 0. The third-order valence-corrected chi connectivity index (χ3v) is 3.24. The molecule has 0 radical (unpaired) electrons. The summed E-state index contributed by atoms with van der Waals surface area (Å²) in [6.45, 7) is 0.698. The van der Waals surface area contributed by atoms with Gasteiger partial charge in [0.25, 0.3) is 5.91 Å². The number of morpholine rings is 1. The third-order valence-electron chi connectivity index (χ3n) is 3.24. The Morgan fingerprint density at radius 2 is 2.00 bits per heavy atom. The maximum absolute atomic E-state index is 12.0. The number of halogens is 3. The first-order valence-electron chi connectivity index (χ1n) is 7.26. The molecule has 0 aromatic heterocycles. The number of hydrogen-bond donors (Lipinski definition) is 2. The van der Waals surface area contributed by atoms with Crippen LogP contribution in [0.4, 0.5) is 13.2 Å². The largest absolute Gasteiger partial charge is 0.411 e. The first-order chi connectivity index (χ1) is 10.9. The minimum Gasteiger partial charge on any atom is -0.367 e. The normalized spacial score (nSPS) is 18.7. The fourth-order valence-corrected chi connectivity index (χ4v) is 2.07. The first kappa shape index (κ1) is 17.7. The topological polar surface area (TPSA) is 59.6 Å². The van der Waals surface area contributed by atoms with E-state index in [4.69, 9.17) is 4.74 Å². The van der Waals surface area contributed by atoms with Gasteiger partial charge in [0, 0.05) is 19.6 Å². The molecule has 2 N–H and O–H groups in total. The van der Waals surface area contributed by atoms with Crippen molar-refractivity contribution in [3.05, 3.63) is 35.4 Å². The van der Waals surface area contributed by atoms with E-state index < -0.39 is 18.9 Å². The van der Waals surface area contributed by atoms with E-state index in [1.54, 1.807) is 24.3 Å². The van der Waals surface area contributed by atoms with Gasteiger partial charge >= 0.3 is 6.18 Å². The van der Waals surface area contributed by atoms with E-state index in [0.717, 1.165) is 12.1 Å². The molecule has 1 unspecified atom stereocenters. The maximum atomic E-state index is 12.0. The second-order valence-electron chi connectivity index (χ2n) is 5.21. The number of amides is 1. The summed E-state index contributed by atoms with van der Waals surface area (Å²) in [7, 11) is 0. The van der Waals surface area contributed by atoms with Crippen molar-refractivity contribution >= 4 is 5.91 Å². The van der Waals surface area contributed by atoms with Gasteiger partial charge in [0.15, 0.2) is 0 Å². The van der Waals surface area contributed by atoms with E-state index in [-0.39, 0.29) is 12.5 Å². The molecule has 1 amide bonds. The number of hydrogen-bond acceptors (Lipinski definition) is 4. The van der Waals surface area contributed by atoms with Crippen molar-refractivity contribution in [3.63, 3.8) is 0 Å². The molecule has 1 saturated heterocycles. The number of rotatable bonds is 6. The summed E-state index contributed by atoms with van der Waals surface area (Å²) in [5.41, 5.74) is 1.49. The average molecular weight is 332 g/mol. The zero-order chi connectivity index (χ0) is 16.7. The van der Waals surface area contributed by atoms with Gasteiger partial charge in [-0.2, -0.15) is 13.2 Å². The lowest BCUT2D eigenvalue weighted by molar-refractivity contribution is -0.176. The number of alkyl halides is 3. The van der Waals surface area contributed by atoms with E-state index in [0.29, 0.717) is 25.3 Å². The van der Waals surface area contributed by atoms with Gasteiger partial charge in [0.05, 0.1) is 13.2 Å². The molecule has 1 fully saturated rings.